The maximum atomic E-state index is 13.7. The number of benzene rings is 1. The fourth-order valence-corrected chi connectivity index (χ4v) is 2.93. The van der Waals surface area contributed by atoms with Crippen LogP contribution < -0.4 is 15.4 Å². The monoisotopic (exact) mass is 564 g/mol. The van der Waals surface area contributed by atoms with E-state index in [1.807, 2.05) is 13.0 Å². The first-order valence-electron chi connectivity index (χ1n) is 8.22. The molecule has 1 aromatic rings. The van der Waals surface area contributed by atoms with Crippen molar-refractivity contribution in [3.05, 3.63) is 34.1 Å². The number of aliphatic imine (C=N–C) groups is 1. The van der Waals surface area contributed by atoms with E-state index in [-0.39, 0.29) is 29.8 Å². The van der Waals surface area contributed by atoms with Gasteiger partial charge in [0.15, 0.2) is 5.96 Å². The van der Waals surface area contributed by atoms with Crippen molar-refractivity contribution < 1.29 is 12.8 Å². The molecule has 0 aliphatic carbocycles. The van der Waals surface area contributed by atoms with E-state index in [9.17, 15) is 12.8 Å². The summed E-state index contributed by atoms with van der Waals surface area (Å²) in [6.45, 7) is 4.27. The fourth-order valence-electron chi connectivity index (χ4n) is 2.08. The lowest BCUT2D eigenvalue weighted by atomic mass is 10.1. The first-order valence-corrected chi connectivity index (χ1v) is 10.9. The first-order chi connectivity index (χ1) is 11.8. The molecule has 0 unspecified atom stereocenters. The summed E-state index contributed by atoms with van der Waals surface area (Å²) >= 11 is 3.24. The van der Waals surface area contributed by atoms with Gasteiger partial charge in [-0.2, -0.15) is 0 Å². The molecule has 0 atom stereocenters. The average molecular weight is 565 g/mol. The second kappa shape index (κ2) is 13.7. The van der Waals surface area contributed by atoms with Gasteiger partial charge in [0.1, 0.15) is 5.82 Å². The summed E-state index contributed by atoms with van der Waals surface area (Å²) in [6, 6.07) is 5.08. The van der Waals surface area contributed by atoms with Crippen molar-refractivity contribution >= 4 is 55.9 Å². The molecule has 10 heteroatoms. The molecule has 0 amide bonds. The van der Waals surface area contributed by atoms with Crippen molar-refractivity contribution in [3.8, 4) is 0 Å². The zero-order valence-electron chi connectivity index (χ0n) is 15.0. The van der Waals surface area contributed by atoms with Crippen LogP contribution in [0.25, 0.3) is 0 Å². The Morgan fingerprint density at radius 3 is 2.58 bits per heavy atom. The van der Waals surface area contributed by atoms with E-state index < -0.39 is 10.0 Å². The van der Waals surface area contributed by atoms with Crippen LogP contribution in [-0.4, -0.2) is 46.8 Å². The molecule has 26 heavy (non-hydrogen) atoms. The molecule has 1 aromatic carbocycles. The number of nitrogens with one attached hydrogen (secondary N) is 3. The molecule has 0 saturated carbocycles. The molecule has 1 rings (SSSR count). The summed E-state index contributed by atoms with van der Waals surface area (Å²) in [5, 5.41) is 6.28. The van der Waals surface area contributed by atoms with Gasteiger partial charge in [0, 0.05) is 30.7 Å². The normalized spacial score (nSPS) is 11.8. The number of rotatable bonds is 10. The molecule has 3 N–H and O–H groups in total. The van der Waals surface area contributed by atoms with Crippen LogP contribution in [0.15, 0.2) is 27.7 Å². The molecular formula is C16H27BrFIN4O2S. The molecular weight excluding hydrogens is 538 g/mol. The van der Waals surface area contributed by atoms with Gasteiger partial charge >= 0.3 is 0 Å². The highest BCUT2D eigenvalue weighted by atomic mass is 127. The molecule has 0 aromatic heterocycles. The van der Waals surface area contributed by atoms with Crippen LogP contribution in [0.1, 0.15) is 25.3 Å². The minimum absolute atomic E-state index is 0. The van der Waals surface area contributed by atoms with Gasteiger partial charge in [0.05, 0.1) is 6.26 Å². The first kappa shape index (κ1) is 25.5. The van der Waals surface area contributed by atoms with Gasteiger partial charge in [-0.1, -0.05) is 22.0 Å². The third kappa shape index (κ3) is 12.0. The predicted molar refractivity (Wildman–Crippen MR) is 119 cm³/mol. The number of hydrogen-bond acceptors (Lipinski definition) is 3. The van der Waals surface area contributed by atoms with Crippen molar-refractivity contribution in [2.24, 2.45) is 4.99 Å². The Bertz CT molecular complexity index is 674. The highest BCUT2D eigenvalue weighted by Crippen LogP contribution is 2.16. The number of halogens is 3. The number of hydrogen-bond donors (Lipinski definition) is 3. The van der Waals surface area contributed by atoms with Crippen LogP contribution in [0.4, 0.5) is 4.39 Å². The SMILES string of the molecule is CCNC(=NCCCc1ccc(Br)cc1F)NCCCNS(C)(=O)=O.I. The van der Waals surface area contributed by atoms with Crippen LogP contribution in [0.5, 0.6) is 0 Å². The van der Waals surface area contributed by atoms with E-state index in [0.717, 1.165) is 23.7 Å². The van der Waals surface area contributed by atoms with Gasteiger partial charge < -0.3 is 10.6 Å². The van der Waals surface area contributed by atoms with Crippen molar-refractivity contribution in [2.75, 3.05) is 32.4 Å². The van der Waals surface area contributed by atoms with E-state index in [0.29, 0.717) is 44.0 Å². The standard InChI is InChI=1S/C16H26BrFN4O2S.HI/c1-3-19-16(21-10-5-11-22-25(2,23)24)20-9-4-6-13-7-8-14(17)12-15(13)18;/h7-8,12,22H,3-6,9-11H2,1-2H3,(H2,19,20,21);1H. The van der Waals surface area contributed by atoms with Crippen LogP contribution in [0, 0.1) is 5.82 Å². The van der Waals surface area contributed by atoms with E-state index in [2.05, 4.69) is 36.3 Å². The second-order valence-corrected chi connectivity index (χ2v) is 8.30. The van der Waals surface area contributed by atoms with Crippen LogP contribution >= 0.6 is 39.9 Å². The summed E-state index contributed by atoms with van der Waals surface area (Å²) in [5.41, 5.74) is 0.684. The smallest absolute Gasteiger partial charge is 0.208 e. The maximum Gasteiger partial charge on any atom is 0.208 e. The van der Waals surface area contributed by atoms with Gasteiger partial charge in [0.2, 0.25) is 10.0 Å². The lowest BCUT2D eigenvalue weighted by molar-refractivity contribution is 0.584. The van der Waals surface area contributed by atoms with Gasteiger partial charge in [-0.05, 0) is 43.9 Å². The topological polar surface area (TPSA) is 82.6 Å². The van der Waals surface area contributed by atoms with Crippen LogP contribution in [0.3, 0.4) is 0 Å². The summed E-state index contributed by atoms with van der Waals surface area (Å²) in [4.78, 5) is 4.45. The Balaban J connectivity index is 0.00000625. The van der Waals surface area contributed by atoms with E-state index in [4.69, 9.17) is 0 Å². The van der Waals surface area contributed by atoms with Crippen molar-refractivity contribution in [2.45, 2.75) is 26.2 Å². The molecule has 0 bridgehead atoms. The molecule has 0 heterocycles. The van der Waals surface area contributed by atoms with Crippen LogP contribution in [-0.2, 0) is 16.4 Å². The van der Waals surface area contributed by atoms with Crippen molar-refractivity contribution in [3.63, 3.8) is 0 Å². The average Bonchev–Trinajstić information content (AvgIpc) is 2.51. The van der Waals surface area contributed by atoms with E-state index in [1.165, 1.54) is 6.07 Å². The zero-order chi connectivity index (χ0) is 18.7. The highest BCUT2D eigenvalue weighted by Gasteiger charge is 2.03. The van der Waals surface area contributed by atoms with E-state index in [1.54, 1.807) is 6.07 Å². The summed E-state index contributed by atoms with van der Waals surface area (Å²) in [7, 11) is -3.14. The van der Waals surface area contributed by atoms with Gasteiger partial charge in [-0.15, -0.1) is 24.0 Å². The van der Waals surface area contributed by atoms with Crippen LogP contribution in [0.2, 0.25) is 0 Å². The quantitative estimate of drug-likeness (QED) is 0.177. The molecule has 6 nitrogen and oxygen atoms in total. The minimum Gasteiger partial charge on any atom is -0.357 e. The van der Waals surface area contributed by atoms with Gasteiger partial charge in [-0.25, -0.2) is 17.5 Å². The Morgan fingerprint density at radius 2 is 1.96 bits per heavy atom. The minimum atomic E-state index is -3.14. The Kier molecular flexibility index (Phi) is 13.4. The highest BCUT2D eigenvalue weighted by molar-refractivity contribution is 14.0. The molecule has 0 spiro atoms. The van der Waals surface area contributed by atoms with Crippen molar-refractivity contribution in [1.82, 2.24) is 15.4 Å². The summed E-state index contributed by atoms with van der Waals surface area (Å²) in [5.74, 6) is 0.472. The predicted octanol–water partition coefficient (Wildman–Crippen LogP) is 2.63. The Labute approximate surface area is 181 Å². The zero-order valence-corrected chi connectivity index (χ0v) is 19.8. The number of nitrogens with zero attached hydrogens (tertiary/aromatic N) is 1. The molecule has 0 radical (unpaired) electrons. The largest absolute Gasteiger partial charge is 0.357 e. The molecule has 0 aliphatic rings. The molecule has 0 saturated heterocycles. The van der Waals surface area contributed by atoms with E-state index >= 15 is 0 Å². The summed E-state index contributed by atoms with van der Waals surface area (Å²) < 4.78 is 38.8. The third-order valence-corrected chi connectivity index (χ3v) is 4.47. The lowest BCUT2D eigenvalue weighted by Crippen LogP contribution is -2.38. The number of sulfonamides is 1. The van der Waals surface area contributed by atoms with Gasteiger partial charge in [0.25, 0.3) is 0 Å². The lowest BCUT2D eigenvalue weighted by Gasteiger charge is -2.11. The maximum absolute atomic E-state index is 13.7. The molecule has 0 aliphatic heterocycles. The Morgan fingerprint density at radius 1 is 1.23 bits per heavy atom. The van der Waals surface area contributed by atoms with Gasteiger partial charge in [-0.3, -0.25) is 4.99 Å². The second-order valence-electron chi connectivity index (χ2n) is 5.55. The fraction of sp³-hybridized carbons (Fsp3) is 0.562. The molecule has 150 valence electrons. The number of aryl methyl sites for hydroxylation is 1. The molecule has 0 fully saturated rings. The third-order valence-electron chi connectivity index (χ3n) is 3.24. The Hall–Kier alpha value is -0.460. The van der Waals surface area contributed by atoms with Crippen molar-refractivity contribution in [1.29, 1.82) is 0 Å². The summed E-state index contributed by atoms with van der Waals surface area (Å²) in [6.07, 6.45) is 3.16. The number of guanidine groups is 1.